The van der Waals surface area contributed by atoms with Crippen LogP contribution in [0.15, 0.2) is 0 Å². The van der Waals surface area contributed by atoms with Crippen LogP contribution >= 0.6 is 0 Å². The van der Waals surface area contributed by atoms with Crippen LogP contribution in [-0.4, -0.2) is 44.7 Å². The highest BCUT2D eigenvalue weighted by molar-refractivity contribution is 4.93. The predicted octanol–water partition coefficient (Wildman–Crippen LogP) is 0.657. The maximum atomic E-state index is 6.07. The molecular weight excluding hydrogens is 186 g/mol. The van der Waals surface area contributed by atoms with Gasteiger partial charge in [-0.1, -0.05) is 0 Å². The average molecular weight is 211 g/mol. The molecule has 88 valence electrons. The van der Waals surface area contributed by atoms with E-state index >= 15 is 0 Å². The first kappa shape index (κ1) is 11.4. The number of hydrogen-bond donors (Lipinski definition) is 2. The summed E-state index contributed by atoms with van der Waals surface area (Å²) in [7, 11) is 2.22. The fourth-order valence-corrected chi connectivity index (χ4v) is 3.22. The van der Waals surface area contributed by atoms with Crippen LogP contribution in [0.25, 0.3) is 0 Å². The summed E-state index contributed by atoms with van der Waals surface area (Å²) in [6.07, 6.45) is 5.31. The molecule has 0 aliphatic carbocycles. The van der Waals surface area contributed by atoms with Crippen molar-refractivity contribution in [2.45, 2.75) is 25.7 Å². The second-order valence-electron chi connectivity index (χ2n) is 5.41. The Morgan fingerprint density at radius 2 is 2.13 bits per heavy atom. The van der Waals surface area contributed by atoms with Gasteiger partial charge in [0.1, 0.15) is 0 Å². The zero-order valence-electron chi connectivity index (χ0n) is 9.97. The van der Waals surface area contributed by atoms with Crippen molar-refractivity contribution in [3.63, 3.8) is 0 Å². The first-order chi connectivity index (χ1) is 7.27. The van der Waals surface area contributed by atoms with Crippen molar-refractivity contribution in [3.8, 4) is 0 Å². The van der Waals surface area contributed by atoms with Gasteiger partial charge in [0, 0.05) is 0 Å². The molecule has 0 amide bonds. The fourth-order valence-electron chi connectivity index (χ4n) is 3.22. The highest BCUT2D eigenvalue weighted by Crippen LogP contribution is 2.40. The number of nitrogens with zero attached hydrogens (tertiary/aromatic N) is 1. The van der Waals surface area contributed by atoms with Crippen molar-refractivity contribution in [1.29, 1.82) is 0 Å². The average Bonchev–Trinajstić information content (AvgIpc) is 2.32. The summed E-state index contributed by atoms with van der Waals surface area (Å²) in [4.78, 5) is 2.43. The smallest absolute Gasteiger partial charge is 0.00147 e. The van der Waals surface area contributed by atoms with Crippen molar-refractivity contribution in [2.24, 2.45) is 17.1 Å². The monoisotopic (exact) mass is 211 g/mol. The van der Waals surface area contributed by atoms with Gasteiger partial charge in [0.2, 0.25) is 0 Å². The van der Waals surface area contributed by atoms with Crippen LogP contribution in [0.3, 0.4) is 0 Å². The zero-order valence-corrected chi connectivity index (χ0v) is 9.97. The third-order valence-corrected chi connectivity index (χ3v) is 4.55. The summed E-state index contributed by atoms with van der Waals surface area (Å²) in [5, 5.41) is 3.53. The molecule has 3 heteroatoms. The highest BCUT2D eigenvalue weighted by atomic mass is 15.1. The molecule has 0 aromatic rings. The van der Waals surface area contributed by atoms with Gasteiger partial charge < -0.3 is 16.0 Å². The van der Waals surface area contributed by atoms with Gasteiger partial charge in [-0.15, -0.1) is 0 Å². The van der Waals surface area contributed by atoms with Gasteiger partial charge in [-0.05, 0) is 76.8 Å². The Hall–Kier alpha value is -0.120. The quantitative estimate of drug-likeness (QED) is 0.705. The first-order valence-electron chi connectivity index (χ1n) is 6.36. The summed E-state index contributed by atoms with van der Waals surface area (Å²) >= 11 is 0. The van der Waals surface area contributed by atoms with Crippen LogP contribution in [0.1, 0.15) is 25.7 Å². The topological polar surface area (TPSA) is 41.3 Å². The fraction of sp³-hybridized carbons (Fsp3) is 1.00. The molecule has 1 unspecified atom stereocenters. The van der Waals surface area contributed by atoms with Gasteiger partial charge in [0.05, 0.1) is 0 Å². The van der Waals surface area contributed by atoms with Gasteiger partial charge >= 0.3 is 0 Å². The molecule has 0 radical (unpaired) electrons. The van der Waals surface area contributed by atoms with E-state index in [0.717, 1.165) is 12.5 Å². The minimum absolute atomic E-state index is 0.444. The van der Waals surface area contributed by atoms with Crippen LogP contribution in [0, 0.1) is 11.3 Å². The standard InChI is InChI=1S/C12H25N3/c1-15-7-4-12(10-13,5-8-15)11-3-2-6-14-9-11/h11,14H,2-10,13H2,1H3. The molecule has 0 bridgehead atoms. The van der Waals surface area contributed by atoms with E-state index in [2.05, 4.69) is 17.3 Å². The summed E-state index contributed by atoms with van der Waals surface area (Å²) < 4.78 is 0. The Morgan fingerprint density at radius 1 is 1.40 bits per heavy atom. The third-order valence-electron chi connectivity index (χ3n) is 4.55. The molecule has 2 aliphatic rings. The van der Waals surface area contributed by atoms with E-state index in [0.29, 0.717) is 5.41 Å². The summed E-state index contributed by atoms with van der Waals surface area (Å²) in [6.45, 7) is 5.74. The Morgan fingerprint density at radius 3 is 2.67 bits per heavy atom. The van der Waals surface area contributed by atoms with E-state index in [1.54, 1.807) is 0 Å². The Kier molecular flexibility index (Phi) is 3.65. The molecule has 2 rings (SSSR count). The Balaban J connectivity index is 2.00. The molecule has 3 nitrogen and oxygen atoms in total. The first-order valence-corrected chi connectivity index (χ1v) is 6.36. The lowest BCUT2D eigenvalue weighted by molar-refractivity contribution is 0.0524. The largest absolute Gasteiger partial charge is 0.330 e. The Bertz CT molecular complexity index is 191. The number of nitrogens with one attached hydrogen (secondary N) is 1. The lowest BCUT2D eigenvalue weighted by Gasteiger charge is -2.47. The summed E-state index contributed by atoms with van der Waals surface area (Å²) in [5.41, 5.74) is 6.51. The number of piperidine rings is 2. The van der Waals surface area contributed by atoms with E-state index in [1.165, 1.54) is 51.9 Å². The van der Waals surface area contributed by atoms with Crippen molar-refractivity contribution in [3.05, 3.63) is 0 Å². The lowest BCUT2D eigenvalue weighted by Crippen LogP contribution is -2.51. The molecule has 0 saturated carbocycles. The second-order valence-corrected chi connectivity index (χ2v) is 5.41. The SMILES string of the molecule is CN1CCC(CN)(C2CCCNC2)CC1. The van der Waals surface area contributed by atoms with Crippen molar-refractivity contribution in [2.75, 3.05) is 39.8 Å². The van der Waals surface area contributed by atoms with Gasteiger partial charge in [0.25, 0.3) is 0 Å². The number of likely N-dealkylation sites (tertiary alicyclic amines) is 1. The van der Waals surface area contributed by atoms with Crippen LogP contribution in [0.2, 0.25) is 0 Å². The predicted molar refractivity (Wildman–Crippen MR) is 63.8 cm³/mol. The van der Waals surface area contributed by atoms with Crippen LogP contribution in [0.5, 0.6) is 0 Å². The normalized spacial score (nSPS) is 32.8. The van der Waals surface area contributed by atoms with E-state index in [4.69, 9.17) is 5.73 Å². The van der Waals surface area contributed by atoms with E-state index in [9.17, 15) is 0 Å². The van der Waals surface area contributed by atoms with Crippen LogP contribution in [-0.2, 0) is 0 Å². The van der Waals surface area contributed by atoms with E-state index in [1.807, 2.05) is 0 Å². The lowest BCUT2D eigenvalue weighted by atomic mass is 9.66. The molecule has 0 aromatic heterocycles. The minimum Gasteiger partial charge on any atom is -0.330 e. The molecule has 2 heterocycles. The molecule has 1 atom stereocenters. The van der Waals surface area contributed by atoms with E-state index in [-0.39, 0.29) is 0 Å². The van der Waals surface area contributed by atoms with Crippen molar-refractivity contribution >= 4 is 0 Å². The van der Waals surface area contributed by atoms with Crippen LogP contribution < -0.4 is 11.1 Å². The molecule has 2 fully saturated rings. The number of nitrogens with two attached hydrogens (primary N) is 1. The molecular formula is C12H25N3. The van der Waals surface area contributed by atoms with E-state index < -0.39 is 0 Å². The maximum Gasteiger partial charge on any atom is -0.00147 e. The van der Waals surface area contributed by atoms with Crippen molar-refractivity contribution < 1.29 is 0 Å². The number of rotatable bonds is 2. The van der Waals surface area contributed by atoms with Gasteiger partial charge in [0.15, 0.2) is 0 Å². The maximum absolute atomic E-state index is 6.07. The van der Waals surface area contributed by atoms with Gasteiger partial charge in [-0.3, -0.25) is 0 Å². The molecule has 0 aromatic carbocycles. The number of hydrogen-bond acceptors (Lipinski definition) is 3. The van der Waals surface area contributed by atoms with Crippen molar-refractivity contribution in [1.82, 2.24) is 10.2 Å². The van der Waals surface area contributed by atoms with Gasteiger partial charge in [-0.2, -0.15) is 0 Å². The molecule has 15 heavy (non-hydrogen) atoms. The second kappa shape index (κ2) is 4.81. The Labute approximate surface area is 93.4 Å². The highest BCUT2D eigenvalue weighted by Gasteiger charge is 2.39. The minimum atomic E-state index is 0.444. The summed E-state index contributed by atoms with van der Waals surface area (Å²) in [5.74, 6) is 0.824. The molecule has 2 aliphatic heterocycles. The molecule has 0 spiro atoms. The molecule has 3 N–H and O–H groups in total. The van der Waals surface area contributed by atoms with Crippen LogP contribution in [0.4, 0.5) is 0 Å². The zero-order chi connectivity index (χ0) is 10.7. The third kappa shape index (κ3) is 2.35. The molecule has 2 saturated heterocycles. The summed E-state index contributed by atoms with van der Waals surface area (Å²) in [6, 6.07) is 0. The van der Waals surface area contributed by atoms with Gasteiger partial charge in [-0.25, -0.2) is 0 Å².